The third kappa shape index (κ3) is 2.64. The van der Waals surface area contributed by atoms with Crippen molar-refractivity contribution in [1.82, 2.24) is 0 Å². The third-order valence-corrected chi connectivity index (χ3v) is 1.83. The van der Waals surface area contributed by atoms with E-state index in [9.17, 15) is 18.9 Å². The van der Waals surface area contributed by atoms with Gasteiger partial charge in [0.25, 0.3) is 11.6 Å². The number of halogens is 2. The first-order valence-electron chi connectivity index (χ1n) is 4.11. The van der Waals surface area contributed by atoms with Crippen molar-refractivity contribution in [3.05, 3.63) is 50.4 Å². The highest BCUT2D eigenvalue weighted by Gasteiger charge is 2.30. The summed E-state index contributed by atoms with van der Waals surface area (Å²) in [6.07, 6.45) is 0. The molecule has 0 spiro atoms. The van der Waals surface area contributed by atoms with E-state index in [2.05, 4.69) is 10.0 Å². The molecule has 0 atom stereocenters. The van der Waals surface area contributed by atoms with E-state index in [1.807, 2.05) is 0 Å². The fraction of sp³-hybridized carbons (Fsp3) is 0.250. The molecule has 0 aromatic heterocycles. The van der Waals surface area contributed by atoms with Crippen LogP contribution >= 0.6 is 0 Å². The molecule has 0 unspecified atom stereocenters. The molecule has 0 saturated carbocycles. The van der Waals surface area contributed by atoms with Crippen LogP contribution in [0, 0.1) is 10.1 Å². The number of hydrogen-bond donors (Lipinski definition) is 0. The summed E-state index contributed by atoms with van der Waals surface area (Å²) in [5, 5.41) is 13.1. The molecule has 0 aliphatic heterocycles. The lowest BCUT2D eigenvalue weighted by Crippen LogP contribution is -2.16. The van der Waals surface area contributed by atoms with Gasteiger partial charge in [-0.15, -0.1) is 0 Å². The maximum atomic E-state index is 13.2. The van der Waals surface area contributed by atoms with E-state index in [1.165, 1.54) is 0 Å². The van der Waals surface area contributed by atoms with Gasteiger partial charge in [0, 0.05) is 22.6 Å². The second-order valence-electron chi connectivity index (χ2n) is 2.90. The van der Waals surface area contributed by atoms with E-state index >= 15 is 0 Å². The SMILES string of the molecule is [N-]=[N+]=NCC(F)(F)c1ccc([N+](=O)[O-])cc1. The van der Waals surface area contributed by atoms with Crippen molar-refractivity contribution in [3.8, 4) is 0 Å². The van der Waals surface area contributed by atoms with Gasteiger partial charge in [-0.3, -0.25) is 10.1 Å². The monoisotopic (exact) mass is 228 g/mol. The number of benzene rings is 1. The quantitative estimate of drug-likeness (QED) is 0.260. The first kappa shape index (κ1) is 11.9. The summed E-state index contributed by atoms with van der Waals surface area (Å²) in [4.78, 5) is 11.8. The molecule has 0 heterocycles. The maximum Gasteiger partial charge on any atom is 0.278 e. The minimum atomic E-state index is -3.32. The van der Waals surface area contributed by atoms with Crippen LogP contribution in [0.3, 0.4) is 0 Å². The van der Waals surface area contributed by atoms with Gasteiger partial charge in [-0.25, -0.2) is 8.78 Å². The molecule has 0 saturated heterocycles. The number of nitrogens with zero attached hydrogens (tertiary/aromatic N) is 4. The topological polar surface area (TPSA) is 91.9 Å². The Morgan fingerprint density at radius 1 is 1.44 bits per heavy atom. The van der Waals surface area contributed by atoms with Crippen molar-refractivity contribution in [3.63, 3.8) is 0 Å². The molecular formula is C8H6F2N4O2. The first-order chi connectivity index (χ1) is 7.47. The molecule has 0 fully saturated rings. The first-order valence-corrected chi connectivity index (χ1v) is 4.11. The summed E-state index contributed by atoms with van der Waals surface area (Å²) in [6, 6.07) is 3.81. The maximum absolute atomic E-state index is 13.2. The normalized spacial score (nSPS) is 10.6. The van der Waals surface area contributed by atoms with Crippen molar-refractivity contribution in [2.75, 3.05) is 6.54 Å². The number of non-ortho nitro benzene ring substituents is 1. The molecule has 8 heteroatoms. The highest BCUT2D eigenvalue weighted by molar-refractivity contribution is 5.34. The Bertz CT molecular complexity index is 440. The van der Waals surface area contributed by atoms with Crippen LogP contribution in [0.2, 0.25) is 0 Å². The van der Waals surface area contributed by atoms with Gasteiger partial charge in [-0.1, -0.05) is 5.11 Å². The van der Waals surface area contributed by atoms with Gasteiger partial charge in [0.1, 0.15) is 0 Å². The van der Waals surface area contributed by atoms with Crippen molar-refractivity contribution in [1.29, 1.82) is 0 Å². The van der Waals surface area contributed by atoms with Gasteiger partial charge in [0.05, 0.1) is 11.5 Å². The molecule has 0 bridgehead atoms. The molecule has 0 radical (unpaired) electrons. The average Bonchev–Trinajstić information content (AvgIpc) is 2.26. The van der Waals surface area contributed by atoms with E-state index in [-0.39, 0.29) is 5.69 Å². The number of rotatable bonds is 4. The lowest BCUT2D eigenvalue weighted by Gasteiger charge is -2.13. The van der Waals surface area contributed by atoms with Gasteiger partial charge < -0.3 is 0 Å². The minimum absolute atomic E-state index is 0.275. The number of hydrogen-bond acceptors (Lipinski definition) is 3. The third-order valence-electron chi connectivity index (χ3n) is 1.83. The zero-order valence-corrected chi connectivity index (χ0v) is 7.88. The van der Waals surface area contributed by atoms with Gasteiger partial charge >= 0.3 is 0 Å². The van der Waals surface area contributed by atoms with E-state index in [1.54, 1.807) is 0 Å². The zero-order chi connectivity index (χ0) is 12.2. The smallest absolute Gasteiger partial charge is 0.258 e. The van der Waals surface area contributed by atoms with Crippen LogP contribution in [0.4, 0.5) is 14.5 Å². The standard InChI is InChI=1S/C8H6F2N4O2/c9-8(10,5-12-13-11)6-1-3-7(4-2-6)14(15)16/h1-4H,5H2. The van der Waals surface area contributed by atoms with Crippen LogP contribution in [0.1, 0.15) is 5.56 Å². The summed E-state index contributed by atoms with van der Waals surface area (Å²) in [5.74, 6) is -3.32. The Morgan fingerprint density at radius 3 is 2.44 bits per heavy atom. The highest BCUT2D eigenvalue weighted by atomic mass is 19.3. The van der Waals surface area contributed by atoms with Crippen LogP contribution < -0.4 is 0 Å². The van der Waals surface area contributed by atoms with Crippen molar-refractivity contribution in [2.45, 2.75) is 5.92 Å². The van der Waals surface area contributed by atoms with Crippen LogP contribution in [0.15, 0.2) is 29.4 Å². The Labute approximate surface area is 88.3 Å². The second-order valence-corrected chi connectivity index (χ2v) is 2.90. The van der Waals surface area contributed by atoms with E-state index in [0.717, 1.165) is 24.3 Å². The summed E-state index contributed by atoms with van der Waals surface area (Å²) in [6.45, 7) is -1.01. The summed E-state index contributed by atoms with van der Waals surface area (Å²) in [7, 11) is 0. The molecule has 84 valence electrons. The molecular weight excluding hydrogens is 222 g/mol. The second kappa shape index (κ2) is 4.54. The summed E-state index contributed by atoms with van der Waals surface area (Å²) in [5.41, 5.74) is 7.23. The van der Waals surface area contributed by atoms with E-state index < -0.39 is 23.0 Å². The summed E-state index contributed by atoms with van der Waals surface area (Å²) >= 11 is 0. The lowest BCUT2D eigenvalue weighted by atomic mass is 10.1. The predicted molar refractivity (Wildman–Crippen MR) is 51.0 cm³/mol. The van der Waals surface area contributed by atoms with Gasteiger partial charge in [-0.2, -0.15) is 0 Å². The lowest BCUT2D eigenvalue weighted by molar-refractivity contribution is -0.384. The van der Waals surface area contributed by atoms with Gasteiger partial charge in [0.2, 0.25) is 0 Å². The number of azide groups is 1. The van der Waals surface area contributed by atoms with E-state index in [0.29, 0.717) is 0 Å². The van der Waals surface area contributed by atoms with Gasteiger partial charge in [-0.05, 0) is 17.7 Å². The molecule has 16 heavy (non-hydrogen) atoms. The Kier molecular flexibility index (Phi) is 3.37. The predicted octanol–water partition coefficient (Wildman–Crippen LogP) is 3.00. The average molecular weight is 228 g/mol. The molecule has 0 N–H and O–H groups in total. The highest BCUT2D eigenvalue weighted by Crippen LogP contribution is 2.29. The van der Waals surface area contributed by atoms with Crippen LogP contribution in [-0.2, 0) is 5.92 Å². The number of nitro benzene ring substituents is 1. The fourth-order valence-corrected chi connectivity index (χ4v) is 1.04. The van der Waals surface area contributed by atoms with Crippen molar-refractivity contribution in [2.24, 2.45) is 5.11 Å². The number of nitro groups is 1. The molecule has 1 rings (SSSR count). The van der Waals surface area contributed by atoms with Crippen molar-refractivity contribution < 1.29 is 13.7 Å². The molecule has 0 amide bonds. The Balaban J connectivity index is 2.96. The van der Waals surface area contributed by atoms with Crippen LogP contribution in [0.25, 0.3) is 10.4 Å². The van der Waals surface area contributed by atoms with Gasteiger partial charge in [0.15, 0.2) is 0 Å². The van der Waals surface area contributed by atoms with Crippen LogP contribution in [0.5, 0.6) is 0 Å². The molecule has 0 aliphatic carbocycles. The van der Waals surface area contributed by atoms with Crippen LogP contribution in [-0.4, -0.2) is 11.5 Å². The molecule has 1 aromatic carbocycles. The number of alkyl halides is 2. The fourth-order valence-electron chi connectivity index (χ4n) is 1.04. The molecule has 6 nitrogen and oxygen atoms in total. The molecule has 1 aromatic rings. The molecule has 0 aliphatic rings. The Morgan fingerprint density at radius 2 is 2.00 bits per heavy atom. The largest absolute Gasteiger partial charge is 0.278 e. The zero-order valence-electron chi connectivity index (χ0n) is 7.88. The summed E-state index contributed by atoms with van der Waals surface area (Å²) < 4.78 is 26.5. The minimum Gasteiger partial charge on any atom is -0.258 e. The van der Waals surface area contributed by atoms with Crippen molar-refractivity contribution >= 4 is 5.69 Å². The Hall–Kier alpha value is -2.21. The van der Waals surface area contributed by atoms with E-state index in [4.69, 9.17) is 5.53 Å².